The molecule has 1 aliphatic heterocycles. The van der Waals surface area contributed by atoms with Crippen molar-refractivity contribution in [1.29, 1.82) is 0 Å². The Morgan fingerprint density at radius 1 is 1.16 bits per heavy atom. The maximum atomic E-state index is 12.7. The van der Waals surface area contributed by atoms with E-state index in [1.165, 1.54) is 32.1 Å². The van der Waals surface area contributed by atoms with Gasteiger partial charge in [0.15, 0.2) is 0 Å². The van der Waals surface area contributed by atoms with Crippen molar-refractivity contribution in [1.82, 2.24) is 4.90 Å². The monoisotopic (exact) mass is 344 g/mol. The number of hydrogen-bond acceptors (Lipinski definition) is 3. The molecule has 1 saturated heterocycles. The number of rotatable bonds is 5. The zero-order valence-electron chi connectivity index (χ0n) is 15.5. The Morgan fingerprint density at radius 2 is 1.88 bits per heavy atom. The number of piperidine rings is 1. The van der Waals surface area contributed by atoms with Crippen LogP contribution in [0.5, 0.6) is 5.75 Å². The quantitative estimate of drug-likeness (QED) is 0.883. The molecule has 0 aromatic heterocycles. The normalized spacial score (nSPS) is 23.3. The predicted molar refractivity (Wildman–Crippen MR) is 101 cm³/mol. The zero-order chi connectivity index (χ0) is 17.6. The Hall–Kier alpha value is -1.55. The van der Waals surface area contributed by atoms with E-state index in [9.17, 15) is 4.79 Å². The molecule has 1 aromatic rings. The molecule has 0 bridgehead atoms. The summed E-state index contributed by atoms with van der Waals surface area (Å²) < 4.78 is 5.93. The van der Waals surface area contributed by atoms with Crippen LogP contribution in [-0.2, 0) is 0 Å². The van der Waals surface area contributed by atoms with Gasteiger partial charge in [0.05, 0.1) is 6.61 Å². The Bertz CT molecular complexity index is 550. The van der Waals surface area contributed by atoms with Gasteiger partial charge in [0, 0.05) is 24.7 Å². The van der Waals surface area contributed by atoms with Gasteiger partial charge in [-0.3, -0.25) is 4.79 Å². The third-order valence-corrected chi connectivity index (χ3v) is 5.80. The van der Waals surface area contributed by atoms with Crippen molar-refractivity contribution in [3.8, 4) is 5.75 Å². The van der Waals surface area contributed by atoms with Crippen LogP contribution < -0.4 is 10.5 Å². The molecule has 0 spiro atoms. The van der Waals surface area contributed by atoms with Gasteiger partial charge < -0.3 is 15.4 Å². The maximum absolute atomic E-state index is 12.7. The zero-order valence-corrected chi connectivity index (χ0v) is 15.5. The highest BCUT2D eigenvalue weighted by Crippen LogP contribution is 2.25. The Kier molecular flexibility index (Phi) is 6.35. The molecule has 138 valence electrons. The van der Waals surface area contributed by atoms with Gasteiger partial charge in [-0.2, -0.15) is 0 Å². The highest BCUT2D eigenvalue weighted by molar-refractivity contribution is 5.94. The first-order valence-electron chi connectivity index (χ1n) is 9.91. The van der Waals surface area contributed by atoms with Crippen LogP contribution >= 0.6 is 0 Å². The summed E-state index contributed by atoms with van der Waals surface area (Å²) in [4.78, 5) is 14.7. The third-order valence-electron chi connectivity index (χ3n) is 5.80. The van der Waals surface area contributed by atoms with Crippen molar-refractivity contribution in [2.75, 3.05) is 19.7 Å². The van der Waals surface area contributed by atoms with Gasteiger partial charge in [0.1, 0.15) is 5.75 Å². The molecule has 1 saturated carbocycles. The highest BCUT2D eigenvalue weighted by Gasteiger charge is 2.26. The number of carbonyl (C=O) groups is 1. The summed E-state index contributed by atoms with van der Waals surface area (Å²) in [5, 5.41) is 0. The number of ether oxygens (including phenoxy) is 1. The van der Waals surface area contributed by atoms with E-state index < -0.39 is 0 Å². The van der Waals surface area contributed by atoms with Crippen molar-refractivity contribution in [2.24, 2.45) is 17.6 Å². The van der Waals surface area contributed by atoms with Crippen LogP contribution in [0.2, 0.25) is 0 Å². The SMILES string of the molecule is CC(N)C1CCCN(C(=O)c2ccc(OCC3CCCCC3)cc2)C1. The fourth-order valence-corrected chi connectivity index (χ4v) is 4.07. The number of nitrogens with two attached hydrogens (primary N) is 1. The fourth-order valence-electron chi connectivity index (χ4n) is 4.07. The molecular formula is C21H32N2O2. The van der Waals surface area contributed by atoms with Crippen molar-refractivity contribution in [3.63, 3.8) is 0 Å². The number of likely N-dealkylation sites (tertiary alicyclic amines) is 1. The second-order valence-electron chi connectivity index (χ2n) is 7.85. The topological polar surface area (TPSA) is 55.6 Å². The molecular weight excluding hydrogens is 312 g/mol. The van der Waals surface area contributed by atoms with Crippen LogP contribution in [0.15, 0.2) is 24.3 Å². The van der Waals surface area contributed by atoms with Gasteiger partial charge >= 0.3 is 0 Å². The average Bonchev–Trinajstić information content (AvgIpc) is 2.67. The lowest BCUT2D eigenvalue weighted by Crippen LogP contribution is -2.45. The molecule has 2 fully saturated rings. The van der Waals surface area contributed by atoms with Crippen LogP contribution in [0.1, 0.15) is 62.2 Å². The summed E-state index contributed by atoms with van der Waals surface area (Å²) in [6.07, 6.45) is 8.77. The Morgan fingerprint density at radius 3 is 2.56 bits per heavy atom. The van der Waals surface area contributed by atoms with Crippen LogP contribution in [-0.4, -0.2) is 36.5 Å². The molecule has 4 heteroatoms. The van der Waals surface area contributed by atoms with Gasteiger partial charge in [-0.15, -0.1) is 0 Å². The standard InChI is InChI=1S/C21H32N2O2/c1-16(22)19-8-5-13-23(14-19)21(24)18-9-11-20(12-10-18)25-15-17-6-3-2-4-7-17/h9-12,16-17,19H,2-8,13-15,22H2,1H3. The van der Waals surface area contributed by atoms with E-state index in [-0.39, 0.29) is 11.9 Å². The van der Waals surface area contributed by atoms with Crippen molar-refractivity contribution >= 4 is 5.91 Å². The van der Waals surface area contributed by atoms with Crippen molar-refractivity contribution in [3.05, 3.63) is 29.8 Å². The van der Waals surface area contributed by atoms with Gasteiger partial charge in [-0.05, 0) is 68.7 Å². The summed E-state index contributed by atoms with van der Waals surface area (Å²) in [7, 11) is 0. The molecule has 1 aliphatic carbocycles. The first-order valence-corrected chi connectivity index (χ1v) is 9.91. The van der Waals surface area contributed by atoms with E-state index in [2.05, 4.69) is 0 Å². The van der Waals surface area contributed by atoms with E-state index in [1.807, 2.05) is 36.1 Å². The first-order chi connectivity index (χ1) is 12.1. The summed E-state index contributed by atoms with van der Waals surface area (Å²) in [5.74, 6) is 2.09. The molecule has 1 amide bonds. The Balaban J connectivity index is 1.53. The number of carbonyl (C=O) groups excluding carboxylic acids is 1. The molecule has 3 rings (SSSR count). The predicted octanol–water partition coefficient (Wildman–Crippen LogP) is 3.85. The third kappa shape index (κ3) is 4.97. The van der Waals surface area contributed by atoms with Crippen LogP contribution in [0.4, 0.5) is 0 Å². The van der Waals surface area contributed by atoms with Gasteiger partial charge in [-0.1, -0.05) is 19.3 Å². The molecule has 2 aliphatic rings. The number of benzene rings is 1. The first kappa shape index (κ1) is 18.2. The van der Waals surface area contributed by atoms with E-state index in [0.717, 1.165) is 43.9 Å². The van der Waals surface area contributed by atoms with Gasteiger partial charge in [0.25, 0.3) is 5.91 Å². The number of amides is 1. The molecule has 0 radical (unpaired) electrons. The molecule has 2 atom stereocenters. The van der Waals surface area contributed by atoms with Crippen molar-refractivity contribution < 1.29 is 9.53 Å². The number of nitrogens with zero attached hydrogens (tertiary/aromatic N) is 1. The summed E-state index contributed by atoms with van der Waals surface area (Å²) >= 11 is 0. The summed E-state index contributed by atoms with van der Waals surface area (Å²) in [6, 6.07) is 7.81. The lowest BCUT2D eigenvalue weighted by Gasteiger charge is -2.34. The second kappa shape index (κ2) is 8.70. The smallest absolute Gasteiger partial charge is 0.253 e. The second-order valence-corrected chi connectivity index (χ2v) is 7.85. The van der Waals surface area contributed by atoms with Crippen molar-refractivity contribution in [2.45, 2.75) is 57.9 Å². The van der Waals surface area contributed by atoms with E-state index in [1.54, 1.807) is 0 Å². The van der Waals surface area contributed by atoms with Gasteiger partial charge in [-0.25, -0.2) is 0 Å². The van der Waals surface area contributed by atoms with Crippen LogP contribution in [0.3, 0.4) is 0 Å². The fraction of sp³-hybridized carbons (Fsp3) is 0.667. The molecule has 2 unspecified atom stereocenters. The lowest BCUT2D eigenvalue weighted by atomic mass is 9.90. The minimum atomic E-state index is 0.115. The minimum Gasteiger partial charge on any atom is -0.493 e. The molecule has 1 aromatic carbocycles. The van der Waals surface area contributed by atoms with E-state index in [4.69, 9.17) is 10.5 Å². The molecule has 25 heavy (non-hydrogen) atoms. The highest BCUT2D eigenvalue weighted by atomic mass is 16.5. The van der Waals surface area contributed by atoms with E-state index in [0.29, 0.717) is 11.8 Å². The van der Waals surface area contributed by atoms with Crippen LogP contribution in [0, 0.1) is 11.8 Å². The van der Waals surface area contributed by atoms with Crippen LogP contribution in [0.25, 0.3) is 0 Å². The van der Waals surface area contributed by atoms with Gasteiger partial charge in [0.2, 0.25) is 0 Å². The molecule has 4 nitrogen and oxygen atoms in total. The minimum absolute atomic E-state index is 0.115. The average molecular weight is 344 g/mol. The summed E-state index contributed by atoms with van der Waals surface area (Å²) in [6.45, 7) is 4.45. The summed E-state index contributed by atoms with van der Waals surface area (Å²) in [5.41, 5.74) is 6.77. The lowest BCUT2D eigenvalue weighted by molar-refractivity contribution is 0.0661. The van der Waals surface area contributed by atoms with E-state index >= 15 is 0 Å². The largest absolute Gasteiger partial charge is 0.493 e. The number of hydrogen-bond donors (Lipinski definition) is 1. The maximum Gasteiger partial charge on any atom is 0.253 e. The molecule has 2 N–H and O–H groups in total. The molecule has 1 heterocycles. The Labute approximate surface area is 151 Å².